The topological polar surface area (TPSA) is 96.0 Å². The highest BCUT2D eigenvalue weighted by atomic mass is 19.1. The number of rotatable bonds is 3. The first-order chi connectivity index (χ1) is 9.93. The van der Waals surface area contributed by atoms with Gasteiger partial charge in [-0.1, -0.05) is 0 Å². The Morgan fingerprint density at radius 3 is 2.86 bits per heavy atom. The van der Waals surface area contributed by atoms with Crippen LogP contribution in [0.15, 0.2) is 12.1 Å². The molecular formula is C14H14FN3O3. The van der Waals surface area contributed by atoms with Gasteiger partial charge in [-0.25, -0.2) is 4.39 Å². The summed E-state index contributed by atoms with van der Waals surface area (Å²) in [5.41, 5.74) is -0.648. The number of hydrogen-bond acceptors (Lipinski definition) is 4. The summed E-state index contributed by atoms with van der Waals surface area (Å²) in [6.07, 6.45) is 2.16. The molecule has 1 aliphatic rings. The van der Waals surface area contributed by atoms with Crippen LogP contribution in [-0.4, -0.2) is 16.9 Å². The van der Waals surface area contributed by atoms with Crippen molar-refractivity contribution in [3.8, 4) is 6.07 Å². The Kier molecular flexibility index (Phi) is 4.17. The van der Waals surface area contributed by atoms with Crippen molar-refractivity contribution in [2.24, 2.45) is 5.92 Å². The standard InChI is InChI=1S/C14H14FN3O3/c1-8-5-10(18(20)21)6-11(13(8)15)14(19)17-12-4-2-3-9(12)7-16/h5-6,9,12H,2-4H2,1H3,(H,17,19). The van der Waals surface area contributed by atoms with Gasteiger partial charge in [0.1, 0.15) is 5.82 Å². The lowest BCUT2D eigenvalue weighted by atomic mass is 10.0. The molecule has 0 spiro atoms. The molecule has 110 valence electrons. The number of aryl methyl sites for hydroxylation is 1. The number of benzene rings is 1. The van der Waals surface area contributed by atoms with Gasteiger partial charge < -0.3 is 5.32 Å². The monoisotopic (exact) mass is 291 g/mol. The van der Waals surface area contributed by atoms with E-state index >= 15 is 0 Å². The number of nitro benzene ring substituents is 1. The van der Waals surface area contributed by atoms with Crippen LogP contribution in [0.25, 0.3) is 0 Å². The third-order valence-electron chi connectivity index (χ3n) is 3.69. The summed E-state index contributed by atoms with van der Waals surface area (Å²) >= 11 is 0. The van der Waals surface area contributed by atoms with Gasteiger partial charge in [0.25, 0.3) is 11.6 Å². The Hall–Kier alpha value is -2.49. The zero-order valence-corrected chi connectivity index (χ0v) is 11.4. The lowest BCUT2D eigenvalue weighted by Gasteiger charge is -2.16. The number of nitro groups is 1. The highest BCUT2D eigenvalue weighted by molar-refractivity contribution is 5.95. The molecular weight excluding hydrogens is 277 g/mol. The van der Waals surface area contributed by atoms with E-state index in [4.69, 9.17) is 5.26 Å². The fourth-order valence-corrected chi connectivity index (χ4v) is 2.55. The second-order valence-corrected chi connectivity index (χ2v) is 5.13. The van der Waals surface area contributed by atoms with Gasteiger partial charge in [0.05, 0.1) is 22.5 Å². The van der Waals surface area contributed by atoms with Crippen LogP contribution in [0.3, 0.4) is 0 Å². The van der Waals surface area contributed by atoms with Gasteiger partial charge in [-0.2, -0.15) is 5.26 Å². The molecule has 6 nitrogen and oxygen atoms in total. The molecule has 1 aromatic carbocycles. The number of nitrogens with one attached hydrogen (secondary N) is 1. The zero-order chi connectivity index (χ0) is 15.6. The van der Waals surface area contributed by atoms with Gasteiger partial charge in [-0.05, 0) is 31.7 Å². The maximum atomic E-state index is 14.0. The van der Waals surface area contributed by atoms with Gasteiger partial charge in [0.2, 0.25) is 0 Å². The maximum Gasteiger partial charge on any atom is 0.270 e. The van der Waals surface area contributed by atoms with E-state index in [9.17, 15) is 19.3 Å². The summed E-state index contributed by atoms with van der Waals surface area (Å²) < 4.78 is 14.0. The van der Waals surface area contributed by atoms with Crippen LogP contribution < -0.4 is 5.32 Å². The van der Waals surface area contributed by atoms with E-state index in [1.54, 1.807) is 0 Å². The average molecular weight is 291 g/mol. The van der Waals surface area contributed by atoms with E-state index in [0.717, 1.165) is 18.6 Å². The SMILES string of the molecule is Cc1cc([N+](=O)[O-])cc(C(=O)NC2CCCC2C#N)c1F. The Morgan fingerprint density at radius 1 is 1.52 bits per heavy atom. The molecule has 0 saturated heterocycles. The molecule has 0 heterocycles. The fourth-order valence-electron chi connectivity index (χ4n) is 2.55. The average Bonchev–Trinajstić information content (AvgIpc) is 2.88. The minimum Gasteiger partial charge on any atom is -0.348 e. The number of amides is 1. The van der Waals surface area contributed by atoms with Crippen LogP contribution in [0, 0.1) is 40.1 Å². The van der Waals surface area contributed by atoms with Crippen molar-refractivity contribution in [2.75, 3.05) is 0 Å². The van der Waals surface area contributed by atoms with E-state index in [-0.39, 0.29) is 28.8 Å². The first-order valence-corrected chi connectivity index (χ1v) is 6.59. The first-order valence-electron chi connectivity index (χ1n) is 6.59. The molecule has 1 fully saturated rings. The van der Waals surface area contributed by atoms with Crippen molar-refractivity contribution >= 4 is 11.6 Å². The lowest BCUT2D eigenvalue weighted by molar-refractivity contribution is -0.385. The van der Waals surface area contributed by atoms with E-state index in [1.807, 2.05) is 0 Å². The predicted molar refractivity (Wildman–Crippen MR) is 72.0 cm³/mol. The van der Waals surface area contributed by atoms with E-state index in [0.29, 0.717) is 12.8 Å². The van der Waals surface area contributed by atoms with Gasteiger partial charge in [-0.15, -0.1) is 0 Å². The number of carbonyl (C=O) groups is 1. The van der Waals surface area contributed by atoms with Gasteiger partial charge in [0.15, 0.2) is 0 Å². The Labute approximate surface area is 120 Å². The van der Waals surface area contributed by atoms with Crippen molar-refractivity contribution < 1.29 is 14.1 Å². The van der Waals surface area contributed by atoms with Crippen LogP contribution >= 0.6 is 0 Å². The minimum atomic E-state index is -0.774. The molecule has 0 aromatic heterocycles. The van der Waals surface area contributed by atoms with Crippen molar-refractivity contribution in [1.29, 1.82) is 5.26 Å². The normalized spacial score (nSPS) is 20.8. The van der Waals surface area contributed by atoms with E-state index in [2.05, 4.69) is 11.4 Å². The molecule has 1 amide bonds. The summed E-state index contributed by atoms with van der Waals surface area (Å²) in [5, 5.41) is 22.4. The molecule has 2 rings (SSSR count). The first kappa shape index (κ1) is 14.9. The van der Waals surface area contributed by atoms with Crippen molar-refractivity contribution in [1.82, 2.24) is 5.32 Å². The minimum absolute atomic E-state index is 0.0394. The van der Waals surface area contributed by atoms with E-state index < -0.39 is 16.6 Å². The van der Waals surface area contributed by atoms with E-state index in [1.165, 1.54) is 6.92 Å². The fraction of sp³-hybridized carbons (Fsp3) is 0.429. The van der Waals surface area contributed by atoms with Crippen LogP contribution in [0.1, 0.15) is 35.2 Å². The lowest BCUT2D eigenvalue weighted by Crippen LogP contribution is -2.37. The number of non-ortho nitro benzene ring substituents is 1. The van der Waals surface area contributed by atoms with Gasteiger partial charge in [0, 0.05) is 18.2 Å². The number of nitrogens with zero attached hydrogens (tertiary/aromatic N) is 2. The quantitative estimate of drug-likeness (QED) is 0.683. The molecule has 0 bridgehead atoms. The number of carbonyl (C=O) groups excluding carboxylic acids is 1. The summed E-state index contributed by atoms with van der Waals surface area (Å²) in [5.74, 6) is -1.78. The third-order valence-corrected chi connectivity index (χ3v) is 3.69. The molecule has 7 heteroatoms. The molecule has 1 aromatic rings. The maximum absolute atomic E-state index is 14.0. The summed E-state index contributed by atoms with van der Waals surface area (Å²) in [6, 6.07) is 3.79. The van der Waals surface area contributed by atoms with Crippen molar-refractivity contribution in [3.05, 3.63) is 39.2 Å². The van der Waals surface area contributed by atoms with Crippen LogP contribution in [-0.2, 0) is 0 Å². The Bertz CT molecular complexity index is 639. The second-order valence-electron chi connectivity index (χ2n) is 5.13. The highest BCUT2D eigenvalue weighted by Gasteiger charge is 2.30. The number of nitriles is 1. The van der Waals surface area contributed by atoms with Crippen molar-refractivity contribution in [2.45, 2.75) is 32.2 Å². The molecule has 0 aliphatic heterocycles. The molecule has 1 saturated carbocycles. The largest absolute Gasteiger partial charge is 0.348 e. The molecule has 2 unspecified atom stereocenters. The smallest absolute Gasteiger partial charge is 0.270 e. The molecule has 2 atom stereocenters. The predicted octanol–water partition coefficient (Wildman–Crippen LogP) is 2.46. The van der Waals surface area contributed by atoms with Gasteiger partial charge in [-0.3, -0.25) is 14.9 Å². The van der Waals surface area contributed by atoms with Crippen LogP contribution in [0.4, 0.5) is 10.1 Å². The number of halogens is 1. The second kappa shape index (κ2) is 5.87. The zero-order valence-electron chi connectivity index (χ0n) is 11.4. The number of hydrogen-bond donors (Lipinski definition) is 1. The van der Waals surface area contributed by atoms with Gasteiger partial charge >= 0.3 is 0 Å². The molecule has 0 radical (unpaired) electrons. The highest BCUT2D eigenvalue weighted by Crippen LogP contribution is 2.26. The summed E-state index contributed by atoms with van der Waals surface area (Å²) in [7, 11) is 0. The summed E-state index contributed by atoms with van der Waals surface area (Å²) in [6.45, 7) is 1.37. The van der Waals surface area contributed by atoms with Crippen LogP contribution in [0.2, 0.25) is 0 Å². The van der Waals surface area contributed by atoms with Crippen LogP contribution in [0.5, 0.6) is 0 Å². The molecule has 21 heavy (non-hydrogen) atoms. The molecule has 1 aliphatic carbocycles. The molecule has 1 N–H and O–H groups in total. The Balaban J connectivity index is 2.27. The summed E-state index contributed by atoms with van der Waals surface area (Å²) in [4.78, 5) is 22.2. The van der Waals surface area contributed by atoms with Crippen molar-refractivity contribution in [3.63, 3.8) is 0 Å². The third kappa shape index (κ3) is 2.99. The Morgan fingerprint density at radius 2 is 2.24 bits per heavy atom.